The maximum absolute atomic E-state index is 12.2. The van der Waals surface area contributed by atoms with Crippen LogP contribution in [-0.2, 0) is 22.9 Å². The monoisotopic (exact) mass is 367 g/mol. The Morgan fingerprint density at radius 3 is 2.48 bits per heavy atom. The molecule has 0 saturated carbocycles. The lowest BCUT2D eigenvalue weighted by atomic mass is 10.1. The molecule has 2 aromatic rings. The Labute approximate surface area is 134 Å². The highest BCUT2D eigenvalue weighted by atomic mass is 79.9. The van der Waals surface area contributed by atoms with E-state index in [4.69, 9.17) is 0 Å². The molecular weight excluding hydrogens is 350 g/mol. The Bertz CT molecular complexity index is 699. The summed E-state index contributed by atoms with van der Waals surface area (Å²) in [6.07, 6.45) is 1.28. The molecule has 0 fully saturated rings. The molecule has 0 heterocycles. The van der Waals surface area contributed by atoms with Crippen molar-refractivity contribution in [1.29, 1.82) is 0 Å². The van der Waals surface area contributed by atoms with Crippen LogP contribution in [0.4, 0.5) is 5.69 Å². The first kappa shape index (κ1) is 16.0. The van der Waals surface area contributed by atoms with E-state index in [9.17, 15) is 8.42 Å². The van der Waals surface area contributed by atoms with Crippen LogP contribution in [0.3, 0.4) is 0 Å². The minimum absolute atomic E-state index is 0.0796. The number of benzene rings is 2. The van der Waals surface area contributed by atoms with E-state index in [-0.39, 0.29) is 5.75 Å². The van der Waals surface area contributed by atoms with Gasteiger partial charge in [0, 0.05) is 4.47 Å². The van der Waals surface area contributed by atoms with Crippen molar-refractivity contribution in [3.63, 3.8) is 0 Å². The van der Waals surface area contributed by atoms with E-state index in [1.165, 1.54) is 0 Å². The smallest absolute Gasteiger partial charge is 0.233 e. The minimum Gasteiger partial charge on any atom is -0.283 e. The third-order valence-electron chi connectivity index (χ3n) is 3.22. The van der Waals surface area contributed by atoms with Gasteiger partial charge in [-0.2, -0.15) is 0 Å². The van der Waals surface area contributed by atoms with E-state index >= 15 is 0 Å². The second-order valence-corrected chi connectivity index (χ2v) is 7.57. The summed E-state index contributed by atoms with van der Waals surface area (Å²) >= 11 is 3.40. The Morgan fingerprint density at radius 2 is 1.81 bits per heavy atom. The average molecular weight is 368 g/mol. The van der Waals surface area contributed by atoms with Crippen molar-refractivity contribution in [2.24, 2.45) is 0 Å². The number of rotatable bonds is 6. The lowest BCUT2D eigenvalue weighted by Crippen LogP contribution is -2.19. The van der Waals surface area contributed by atoms with E-state index in [1.807, 2.05) is 49.4 Å². The predicted octanol–water partition coefficient (Wildman–Crippen LogP) is 4.00. The van der Waals surface area contributed by atoms with Crippen molar-refractivity contribution >= 4 is 31.6 Å². The quantitative estimate of drug-likeness (QED) is 0.838. The highest BCUT2D eigenvalue weighted by Crippen LogP contribution is 2.22. The molecule has 0 amide bonds. The van der Waals surface area contributed by atoms with Crippen LogP contribution in [0.1, 0.15) is 18.1 Å². The summed E-state index contributed by atoms with van der Waals surface area (Å²) in [7, 11) is -3.34. The summed E-state index contributed by atoms with van der Waals surface area (Å²) < 4.78 is 28.0. The zero-order chi connectivity index (χ0) is 15.3. The molecule has 0 aliphatic carbocycles. The van der Waals surface area contributed by atoms with Crippen LogP contribution in [0.2, 0.25) is 0 Å². The van der Waals surface area contributed by atoms with Crippen LogP contribution in [0.15, 0.2) is 53.0 Å². The van der Waals surface area contributed by atoms with Gasteiger partial charge < -0.3 is 0 Å². The standard InChI is InChI=1S/C16H18BrNO2S/c1-2-14-12-15(17)8-9-16(14)18-21(19,20)11-10-13-6-4-3-5-7-13/h3-9,12,18H,2,10-11H2,1H3. The molecular formula is C16H18BrNO2S. The SMILES string of the molecule is CCc1cc(Br)ccc1NS(=O)(=O)CCc1ccccc1. The summed E-state index contributed by atoms with van der Waals surface area (Å²) in [5.74, 6) is 0.0796. The molecule has 0 bridgehead atoms. The fourth-order valence-corrected chi connectivity index (χ4v) is 3.62. The molecule has 1 N–H and O–H groups in total. The topological polar surface area (TPSA) is 46.2 Å². The molecule has 3 nitrogen and oxygen atoms in total. The van der Waals surface area contributed by atoms with Gasteiger partial charge in [0.2, 0.25) is 10.0 Å². The van der Waals surface area contributed by atoms with Crippen LogP contribution in [-0.4, -0.2) is 14.2 Å². The van der Waals surface area contributed by atoms with E-state index in [1.54, 1.807) is 6.07 Å². The highest BCUT2D eigenvalue weighted by molar-refractivity contribution is 9.10. The van der Waals surface area contributed by atoms with Crippen molar-refractivity contribution in [2.45, 2.75) is 19.8 Å². The van der Waals surface area contributed by atoms with Gasteiger partial charge in [-0.1, -0.05) is 53.2 Å². The second-order valence-electron chi connectivity index (χ2n) is 4.81. The number of halogens is 1. The molecule has 21 heavy (non-hydrogen) atoms. The average Bonchev–Trinajstić information content (AvgIpc) is 2.48. The van der Waals surface area contributed by atoms with E-state index in [0.717, 1.165) is 22.0 Å². The molecule has 0 unspecified atom stereocenters. The minimum atomic E-state index is -3.34. The van der Waals surface area contributed by atoms with Gasteiger partial charge in [-0.25, -0.2) is 8.42 Å². The maximum atomic E-state index is 12.2. The van der Waals surface area contributed by atoms with Gasteiger partial charge in [0.05, 0.1) is 11.4 Å². The first-order valence-electron chi connectivity index (χ1n) is 6.83. The largest absolute Gasteiger partial charge is 0.283 e. The van der Waals surface area contributed by atoms with Crippen LogP contribution < -0.4 is 4.72 Å². The number of hydrogen-bond donors (Lipinski definition) is 1. The molecule has 0 aromatic heterocycles. The van der Waals surface area contributed by atoms with E-state index in [0.29, 0.717) is 12.1 Å². The Morgan fingerprint density at radius 1 is 1.10 bits per heavy atom. The number of hydrogen-bond acceptors (Lipinski definition) is 2. The lowest BCUT2D eigenvalue weighted by molar-refractivity contribution is 0.600. The van der Waals surface area contributed by atoms with Gasteiger partial charge in [-0.15, -0.1) is 0 Å². The van der Waals surface area contributed by atoms with E-state index < -0.39 is 10.0 Å². The van der Waals surface area contributed by atoms with Crippen LogP contribution >= 0.6 is 15.9 Å². The second kappa shape index (κ2) is 7.09. The van der Waals surface area contributed by atoms with E-state index in [2.05, 4.69) is 20.7 Å². The Kier molecular flexibility index (Phi) is 5.42. The van der Waals surface area contributed by atoms with Gasteiger partial charge in [0.15, 0.2) is 0 Å². The number of nitrogens with one attached hydrogen (secondary N) is 1. The summed E-state index contributed by atoms with van der Waals surface area (Å²) in [6.45, 7) is 2.00. The van der Waals surface area contributed by atoms with Crippen LogP contribution in [0, 0.1) is 0 Å². The third-order valence-corrected chi connectivity index (χ3v) is 4.98. The molecule has 0 aliphatic rings. The number of anilines is 1. The zero-order valence-electron chi connectivity index (χ0n) is 11.8. The predicted molar refractivity (Wildman–Crippen MR) is 91.1 cm³/mol. The summed E-state index contributed by atoms with van der Waals surface area (Å²) in [5.41, 5.74) is 2.66. The molecule has 0 saturated heterocycles. The normalized spacial score (nSPS) is 11.3. The van der Waals surface area contributed by atoms with Crippen molar-refractivity contribution in [2.75, 3.05) is 10.5 Å². The Balaban J connectivity index is 2.07. The number of aryl methyl sites for hydroxylation is 2. The van der Waals surface area contributed by atoms with Crippen molar-refractivity contribution < 1.29 is 8.42 Å². The highest BCUT2D eigenvalue weighted by Gasteiger charge is 2.13. The van der Waals surface area contributed by atoms with Gasteiger partial charge >= 0.3 is 0 Å². The number of sulfonamides is 1. The summed E-state index contributed by atoms with van der Waals surface area (Å²) in [5, 5.41) is 0. The van der Waals surface area contributed by atoms with Gasteiger partial charge in [0.1, 0.15) is 0 Å². The van der Waals surface area contributed by atoms with Crippen molar-refractivity contribution in [3.05, 3.63) is 64.1 Å². The van der Waals surface area contributed by atoms with Crippen LogP contribution in [0.5, 0.6) is 0 Å². The molecule has 112 valence electrons. The molecule has 2 aromatic carbocycles. The lowest BCUT2D eigenvalue weighted by Gasteiger charge is -2.12. The molecule has 0 spiro atoms. The fraction of sp³-hybridized carbons (Fsp3) is 0.250. The molecule has 0 radical (unpaired) electrons. The van der Waals surface area contributed by atoms with Gasteiger partial charge in [-0.05, 0) is 42.2 Å². The van der Waals surface area contributed by atoms with Gasteiger partial charge in [-0.3, -0.25) is 4.72 Å². The first-order valence-corrected chi connectivity index (χ1v) is 9.27. The molecule has 2 rings (SSSR count). The summed E-state index contributed by atoms with van der Waals surface area (Å²) in [6, 6.07) is 15.2. The first-order chi connectivity index (χ1) is 10.00. The summed E-state index contributed by atoms with van der Waals surface area (Å²) in [4.78, 5) is 0. The fourth-order valence-electron chi connectivity index (χ4n) is 2.07. The van der Waals surface area contributed by atoms with Gasteiger partial charge in [0.25, 0.3) is 0 Å². The Hall–Kier alpha value is -1.33. The molecule has 0 aliphatic heterocycles. The molecule has 5 heteroatoms. The van der Waals surface area contributed by atoms with Crippen molar-refractivity contribution in [1.82, 2.24) is 0 Å². The third kappa shape index (κ3) is 4.86. The maximum Gasteiger partial charge on any atom is 0.233 e. The zero-order valence-corrected chi connectivity index (χ0v) is 14.2. The van der Waals surface area contributed by atoms with Crippen molar-refractivity contribution in [3.8, 4) is 0 Å². The van der Waals surface area contributed by atoms with Crippen LogP contribution in [0.25, 0.3) is 0 Å². The molecule has 0 atom stereocenters.